The van der Waals surface area contributed by atoms with Crippen LogP contribution < -0.4 is 11.5 Å². The van der Waals surface area contributed by atoms with E-state index < -0.39 is 12.0 Å². The second-order valence-corrected chi connectivity index (χ2v) is 2.23. The van der Waals surface area contributed by atoms with Crippen molar-refractivity contribution in [2.45, 2.75) is 25.3 Å². The number of nitrogens with two attached hydrogens (primary N) is 2. The molecule has 12 heavy (non-hydrogen) atoms. The third kappa shape index (κ3) is 10.2. The second kappa shape index (κ2) is 11.2. The van der Waals surface area contributed by atoms with Crippen LogP contribution in [0.1, 0.15) is 19.3 Å². The average Bonchev–Trinajstić information content (AvgIpc) is 1.88. The molecule has 0 aromatic carbocycles. The van der Waals surface area contributed by atoms with Gasteiger partial charge in [0.15, 0.2) is 0 Å². The maximum absolute atomic E-state index is 10.1. The molecule has 0 aromatic heterocycles. The summed E-state index contributed by atoms with van der Waals surface area (Å²) in [5.74, 6) is -0.933. The molecule has 4 nitrogen and oxygen atoms in total. The van der Waals surface area contributed by atoms with E-state index >= 15 is 0 Å². The van der Waals surface area contributed by atoms with E-state index in [1.54, 1.807) is 0 Å². The molecule has 0 fully saturated rings. The zero-order valence-electron chi connectivity index (χ0n) is 6.66. The van der Waals surface area contributed by atoms with Crippen molar-refractivity contribution >= 4 is 18.4 Å². The van der Waals surface area contributed by atoms with Gasteiger partial charge in [-0.3, -0.25) is 4.79 Å². The van der Waals surface area contributed by atoms with Crippen LogP contribution in [0, 0.1) is 0 Å². The molecule has 0 bridgehead atoms. The summed E-state index contributed by atoms with van der Waals surface area (Å²) in [6.45, 7) is 0.604. The van der Waals surface area contributed by atoms with Gasteiger partial charge in [0, 0.05) is 16.8 Å². The van der Waals surface area contributed by atoms with Crippen LogP contribution in [-0.4, -0.2) is 23.7 Å². The second-order valence-electron chi connectivity index (χ2n) is 2.23. The van der Waals surface area contributed by atoms with E-state index in [0.29, 0.717) is 13.0 Å². The summed E-state index contributed by atoms with van der Waals surface area (Å²) in [7, 11) is 0. The first kappa shape index (κ1) is 18.1. The smallest absolute Gasteiger partial charge is 0.320 e. The van der Waals surface area contributed by atoms with Crippen LogP contribution in [0.15, 0.2) is 0 Å². The summed E-state index contributed by atoms with van der Waals surface area (Å²) < 4.78 is 0. The quantitative estimate of drug-likeness (QED) is 0.589. The van der Waals surface area contributed by atoms with E-state index in [1.165, 1.54) is 0 Å². The van der Waals surface area contributed by atoms with E-state index in [-0.39, 0.29) is 29.2 Å². The average molecular weight is 242 g/mol. The van der Waals surface area contributed by atoms with Crippen LogP contribution in [0.5, 0.6) is 0 Å². The number of hydrogen-bond acceptors (Lipinski definition) is 3. The van der Waals surface area contributed by atoms with E-state index in [0.717, 1.165) is 12.8 Å². The third-order valence-corrected chi connectivity index (χ3v) is 1.29. The van der Waals surface area contributed by atoms with Gasteiger partial charge in [-0.2, -0.15) is 0 Å². The van der Waals surface area contributed by atoms with E-state index in [4.69, 9.17) is 16.6 Å². The Morgan fingerprint density at radius 3 is 2.25 bits per heavy atom. The van der Waals surface area contributed by atoms with Gasteiger partial charge in [0.1, 0.15) is 6.04 Å². The molecule has 0 saturated carbocycles. The minimum absolute atomic E-state index is 0. The summed E-state index contributed by atoms with van der Waals surface area (Å²) in [5.41, 5.74) is 10.4. The molecule has 0 aliphatic heterocycles. The number of carboxylic acid groups (broad SMARTS) is 1. The topological polar surface area (TPSA) is 89.3 Å². The molecule has 0 aliphatic carbocycles. The maximum Gasteiger partial charge on any atom is 0.320 e. The fourth-order valence-corrected chi connectivity index (χ4v) is 0.632. The first-order valence-electron chi connectivity index (χ1n) is 3.37. The number of unbranched alkanes of at least 4 members (excludes halogenated alkanes) is 1. The Bertz CT molecular complexity index is 116. The van der Waals surface area contributed by atoms with Crippen molar-refractivity contribution in [3.05, 3.63) is 0 Å². The predicted molar refractivity (Wildman–Crippen MR) is 45.8 cm³/mol. The molecule has 0 spiro atoms. The number of carboxylic acids is 1. The largest absolute Gasteiger partial charge is 0.480 e. The van der Waals surface area contributed by atoms with Crippen molar-refractivity contribution in [1.29, 1.82) is 0 Å². The number of rotatable bonds is 5. The minimum atomic E-state index is -0.933. The molecule has 77 valence electrons. The molecular weight excluding hydrogens is 226 g/mol. The summed E-state index contributed by atoms with van der Waals surface area (Å²) >= 11 is 0. The SMILES string of the molecule is Cl.NCCCC[C@H](N)C(=O)O.[Co]. The molecule has 6 heteroatoms. The summed E-state index contributed by atoms with van der Waals surface area (Å²) in [4.78, 5) is 10.1. The Morgan fingerprint density at radius 1 is 1.42 bits per heavy atom. The number of halogens is 1. The van der Waals surface area contributed by atoms with E-state index in [2.05, 4.69) is 0 Å². The van der Waals surface area contributed by atoms with E-state index in [1.807, 2.05) is 0 Å². The van der Waals surface area contributed by atoms with E-state index in [9.17, 15) is 4.79 Å². The van der Waals surface area contributed by atoms with Gasteiger partial charge in [-0.15, -0.1) is 12.4 Å². The standard InChI is InChI=1S/C6H14N2O2.ClH.Co/c7-4-2-1-3-5(8)6(9)10;;/h5H,1-4,7-8H2,(H,9,10);1H;/t5-;;/m0../s1. The van der Waals surface area contributed by atoms with Gasteiger partial charge >= 0.3 is 5.97 Å². The van der Waals surface area contributed by atoms with Gasteiger partial charge in [0.2, 0.25) is 0 Å². The predicted octanol–water partition coefficient (Wildman–Crippen LogP) is -0.0534. The molecule has 1 atom stereocenters. The van der Waals surface area contributed by atoms with Crippen LogP contribution in [0.4, 0.5) is 0 Å². The molecule has 5 N–H and O–H groups in total. The van der Waals surface area contributed by atoms with Crippen LogP contribution in [0.3, 0.4) is 0 Å². The van der Waals surface area contributed by atoms with Crippen LogP contribution in [0.2, 0.25) is 0 Å². The summed E-state index contributed by atoms with van der Waals surface area (Å²) in [6, 6.07) is -0.716. The molecule has 0 aliphatic rings. The third-order valence-electron chi connectivity index (χ3n) is 1.29. The minimum Gasteiger partial charge on any atom is -0.480 e. The van der Waals surface area contributed by atoms with Crippen LogP contribution in [-0.2, 0) is 21.6 Å². The fraction of sp³-hybridized carbons (Fsp3) is 0.833. The molecule has 0 rings (SSSR count). The Balaban J connectivity index is -0.000000405. The molecule has 0 saturated heterocycles. The van der Waals surface area contributed by atoms with Gasteiger partial charge in [0.25, 0.3) is 0 Å². The van der Waals surface area contributed by atoms with Gasteiger partial charge in [-0.05, 0) is 19.4 Å². The number of aliphatic carboxylic acids is 1. The Morgan fingerprint density at radius 2 is 1.92 bits per heavy atom. The Kier molecular flexibility index (Phi) is 16.8. The van der Waals surface area contributed by atoms with Crippen molar-refractivity contribution in [3.8, 4) is 0 Å². The van der Waals surface area contributed by atoms with Crippen molar-refractivity contribution in [1.82, 2.24) is 0 Å². The number of hydrogen-bond donors (Lipinski definition) is 3. The Hall–Kier alpha value is 0.186. The zero-order chi connectivity index (χ0) is 7.98. The fourth-order valence-electron chi connectivity index (χ4n) is 0.632. The van der Waals surface area contributed by atoms with Crippen molar-refractivity contribution in [2.24, 2.45) is 11.5 Å². The molecular formula is C6H15ClCoN2O2. The number of carbonyl (C=O) groups is 1. The first-order valence-corrected chi connectivity index (χ1v) is 3.37. The van der Waals surface area contributed by atoms with Crippen molar-refractivity contribution in [3.63, 3.8) is 0 Å². The zero-order valence-corrected chi connectivity index (χ0v) is 8.52. The monoisotopic (exact) mass is 241 g/mol. The van der Waals surface area contributed by atoms with Gasteiger partial charge in [-0.1, -0.05) is 6.42 Å². The molecule has 0 heterocycles. The van der Waals surface area contributed by atoms with Gasteiger partial charge < -0.3 is 16.6 Å². The first-order chi connectivity index (χ1) is 4.68. The maximum atomic E-state index is 10.1. The van der Waals surface area contributed by atoms with Crippen molar-refractivity contribution in [2.75, 3.05) is 6.54 Å². The van der Waals surface area contributed by atoms with Gasteiger partial charge in [0.05, 0.1) is 0 Å². The summed E-state index contributed by atoms with van der Waals surface area (Å²) in [6.07, 6.45) is 2.16. The molecule has 0 aromatic rings. The Labute approximate surface area is 88.7 Å². The molecule has 0 amide bonds. The molecule has 1 radical (unpaired) electrons. The summed E-state index contributed by atoms with van der Waals surface area (Å²) in [5, 5.41) is 8.33. The van der Waals surface area contributed by atoms with Crippen LogP contribution >= 0.6 is 12.4 Å². The normalized spacial score (nSPS) is 10.8. The molecule has 0 unspecified atom stereocenters. The van der Waals surface area contributed by atoms with Crippen LogP contribution in [0.25, 0.3) is 0 Å². The van der Waals surface area contributed by atoms with Crippen molar-refractivity contribution < 1.29 is 26.7 Å². The van der Waals surface area contributed by atoms with Gasteiger partial charge in [-0.25, -0.2) is 0 Å².